The molecule has 0 aromatic carbocycles. The lowest BCUT2D eigenvalue weighted by atomic mass is 10.1. The summed E-state index contributed by atoms with van der Waals surface area (Å²) >= 11 is 5.91. The Balaban J connectivity index is 2.14. The highest BCUT2D eigenvalue weighted by Gasteiger charge is 2.08. The van der Waals surface area contributed by atoms with Gasteiger partial charge in [0.05, 0.1) is 6.04 Å². The van der Waals surface area contributed by atoms with Gasteiger partial charge in [-0.3, -0.25) is 4.98 Å². The van der Waals surface area contributed by atoms with Crippen LogP contribution in [0, 0.1) is 0 Å². The summed E-state index contributed by atoms with van der Waals surface area (Å²) in [6.07, 6.45) is 6.68. The maximum absolute atomic E-state index is 5.91. The Hall–Kier alpha value is -1.68. The molecule has 0 bridgehead atoms. The number of anilines is 1. The first kappa shape index (κ1) is 10.8. The molecular weight excluding hydrogens is 224 g/mol. The molecule has 1 atom stereocenters. The van der Waals surface area contributed by atoms with Crippen molar-refractivity contribution in [1.29, 1.82) is 0 Å². The Bertz CT molecular complexity index is 461. The lowest BCUT2D eigenvalue weighted by Crippen LogP contribution is -2.08. The van der Waals surface area contributed by atoms with Gasteiger partial charge in [-0.15, -0.1) is 0 Å². The van der Waals surface area contributed by atoms with E-state index in [4.69, 9.17) is 11.6 Å². The van der Waals surface area contributed by atoms with Crippen molar-refractivity contribution < 1.29 is 0 Å². The molecule has 0 aliphatic carbocycles. The van der Waals surface area contributed by atoms with Gasteiger partial charge in [-0.2, -0.15) is 0 Å². The second-order valence-electron chi connectivity index (χ2n) is 3.34. The fourth-order valence-electron chi connectivity index (χ4n) is 1.36. The number of rotatable bonds is 3. The van der Waals surface area contributed by atoms with Gasteiger partial charge in [-0.05, 0) is 24.6 Å². The molecule has 1 N–H and O–H groups in total. The molecule has 0 fully saturated rings. The largest absolute Gasteiger partial charge is 0.361 e. The number of hydrogen-bond donors (Lipinski definition) is 1. The van der Waals surface area contributed by atoms with Crippen LogP contribution in [0.15, 0.2) is 36.9 Å². The first-order chi connectivity index (χ1) is 7.77. The number of pyridine rings is 1. The summed E-state index contributed by atoms with van der Waals surface area (Å²) in [4.78, 5) is 12.0. The maximum atomic E-state index is 5.91. The Morgan fingerprint density at radius 2 is 1.81 bits per heavy atom. The van der Waals surface area contributed by atoms with Crippen molar-refractivity contribution >= 4 is 17.4 Å². The van der Waals surface area contributed by atoms with Crippen LogP contribution in [0.3, 0.4) is 0 Å². The molecule has 4 nitrogen and oxygen atoms in total. The van der Waals surface area contributed by atoms with Crippen molar-refractivity contribution in [2.75, 3.05) is 5.32 Å². The van der Waals surface area contributed by atoms with Crippen molar-refractivity contribution in [3.8, 4) is 0 Å². The van der Waals surface area contributed by atoms with Crippen LogP contribution in [0.2, 0.25) is 5.15 Å². The van der Waals surface area contributed by atoms with E-state index < -0.39 is 0 Å². The van der Waals surface area contributed by atoms with E-state index in [1.165, 1.54) is 0 Å². The van der Waals surface area contributed by atoms with E-state index in [1.54, 1.807) is 24.8 Å². The number of hydrogen-bond acceptors (Lipinski definition) is 4. The number of nitrogens with one attached hydrogen (secondary N) is 1. The van der Waals surface area contributed by atoms with Crippen LogP contribution in [0.1, 0.15) is 18.5 Å². The quantitative estimate of drug-likeness (QED) is 0.887. The van der Waals surface area contributed by atoms with E-state index in [1.807, 2.05) is 19.1 Å². The number of nitrogens with zero attached hydrogens (tertiary/aromatic N) is 3. The zero-order chi connectivity index (χ0) is 11.4. The van der Waals surface area contributed by atoms with E-state index in [9.17, 15) is 0 Å². The second-order valence-corrected chi connectivity index (χ2v) is 3.70. The molecule has 5 heteroatoms. The average Bonchev–Trinajstić information content (AvgIpc) is 2.33. The van der Waals surface area contributed by atoms with Crippen LogP contribution >= 0.6 is 11.6 Å². The second kappa shape index (κ2) is 4.90. The van der Waals surface area contributed by atoms with Crippen LogP contribution in [-0.4, -0.2) is 15.0 Å². The molecule has 82 valence electrons. The van der Waals surface area contributed by atoms with Gasteiger partial charge in [-0.1, -0.05) is 11.6 Å². The molecule has 0 saturated heterocycles. The van der Waals surface area contributed by atoms with Crippen LogP contribution in [0.5, 0.6) is 0 Å². The minimum absolute atomic E-state index is 0.109. The fraction of sp³-hybridized carbons (Fsp3) is 0.182. The predicted octanol–water partition coefficient (Wildman–Crippen LogP) is 2.70. The summed E-state index contributed by atoms with van der Waals surface area (Å²) in [6.45, 7) is 2.03. The molecular formula is C11H11ClN4. The molecule has 0 radical (unpaired) electrons. The maximum Gasteiger partial charge on any atom is 0.171 e. The van der Waals surface area contributed by atoms with Crippen molar-refractivity contribution in [3.63, 3.8) is 0 Å². The Morgan fingerprint density at radius 3 is 2.50 bits per heavy atom. The van der Waals surface area contributed by atoms with Crippen molar-refractivity contribution in [1.82, 2.24) is 15.0 Å². The van der Waals surface area contributed by atoms with Gasteiger partial charge in [-0.25, -0.2) is 9.97 Å². The van der Waals surface area contributed by atoms with Crippen LogP contribution in [-0.2, 0) is 0 Å². The highest BCUT2D eigenvalue weighted by atomic mass is 35.5. The summed E-state index contributed by atoms with van der Waals surface area (Å²) in [6, 6.07) is 4.00. The van der Waals surface area contributed by atoms with Crippen LogP contribution < -0.4 is 5.32 Å². The van der Waals surface area contributed by atoms with E-state index in [0.29, 0.717) is 11.0 Å². The molecule has 1 unspecified atom stereocenters. The van der Waals surface area contributed by atoms with Gasteiger partial charge in [0.15, 0.2) is 11.0 Å². The Morgan fingerprint density at radius 1 is 1.12 bits per heavy atom. The lowest BCUT2D eigenvalue weighted by Gasteiger charge is -2.14. The summed E-state index contributed by atoms with van der Waals surface area (Å²) in [5, 5.41) is 3.57. The third kappa shape index (κ3) is 2.46. The fourth-order valence-corrected chi connectivity index (χ4v) is 1.52. The Labute approximate surface area is 98.7 Å². The SMILES string of the molecule is CC(Nc1nccnc1Cl)c1ccncc1. The molecule has 2 rings (SSSR count). The van der Waals surface area contributed by atoms with Gasteiger partial charge in [0.1, 0.15) is 0 Å². The molecule has 0 aliphatic heterocycles. The summed E-state index contributed by atoms with van der Waals surface area (Å²) in [5.74, 6) is 0.591. The van der Waals surface area contributed by atoms with E-state index in [-0.39, 0.29) is 6.04 Å². The van der Waals surface area contributed by atoms with Crippen molar-refractivity contribution in [3.05, 3.63) is 47.6 Å². The summed E-state index contributed by atoms with van der Waals surface area (Å²) in [5.41, 5.74) is 1.12. The molecule has 16 heavy (non-hydrogen) atoms. The zero-order valence-electron chi connectivity index (χ0n) is 8.76. The molecule has 0 spiro atoms. The summed E-state index contributed by atoms with van der Waals surface area (Å²) < 4.78 is 0. The van der Waals surface area contributed by atoms with Gasteiger partial charge in [0.25, 0.3) is 0 Å². The van der Waals surface area contributed by atoms with Crippen molar-refractivity contribution in [2.24, 2.45) is 0 Å². The first-order valence-corrected chi connectivity index (χ1v) is 5.28. The highest BCUT2D eigenvalue weighted by Crippen LogP contribution is 2.21. The number of halogens is 1. The first-order valence-electron chi connectivity index (χ1n) is 4.90. The minimum atomic E-state index is 0.109. The molecule has 2 aromatic heterocycles. The number of aromatic nitrogens is 3. The molecule has 0 amide bonds. The van der Waals surface area contributed by atoms with Crippen molar-refractivity contribution in [2.45, 2.75) is 13.0 Å². The monoisotopic (exact) mass is 234 g/mol. The molecule has 0 saturated carbocycles. The summed E-state index contributed by atoms with van der Waals surface area (Å²) in [7, 11) is 0. The Kier molecular flexibility index (Phi) is 3.31. The average molecular weight is 235 g/mol. The van der Waals surface area contributed by atoms with Crippen LogP contribution in [0.25, 0.3) is 0 Å². The molecule has 0 aliphatic rings. The minimum Gasteiger partial charge on any atom is -0.361 e. The van der Waals surface area contributed by atoms with Gasteiger partial charge < -0.3 is 5.32 Å². The normalized spacial score (nSPS) is 12.1. The van der Waals surface area contributed by atoms with E-state index >= 15 is 0 Å². The smallest absolute Gasteiger partial charge is 0.171 e. The predicted molar refractivity (Wildman–Crippen MR) is 63.3 cm³/mol. The standard InChI is InChI=1S/C11H11ClN4/c1-8(9-2-4-13-5-3-9)16-11-10(12)14-6-7-15-11/h2-8H,1H3,(H,15,16). The topological polar surface area (TPSA) is 50.7 Å². The van der Waals surface area contributed by atoms with E-state index in [0.717, 1.165) is 5.56 Å². The highest BCUT2D eigenvalue weighted by molar-refractivity contribution is 6.31. The molecule has 2 aromatic rings. The lowest BCUT2D eigenvalue weighted by molar-refractivity contribution is 0.868. The van der Waals surface area contributed by atoms with Gasteiger partial charge in [0, 0.05) is 24.8 Å². The van der Waals surface area contributed by atoms with Gasteiger partial charge >= 0.3 is 0 Å². The third-order valence-corrected chi connectivity index (χ3v) is 2.49. The van der Waals surface area contributed by atoms with Crippen LogP contribution in [0.4, 0.5) is 5.82 Å². The molecule has 2 heterocycles. The third-order valence-electron chi connectivity index (χ3n) is 2.21. The zero-order valence-corrected chi connectivity index (χ0v) is 9.52. The van der Waals surface area contributed by atoms with E-state index in [2.05, 4.69) is 20.3 Å². The van der Waals surface area contributed by atoms with Gasteiger partial charge in [0.2, 0.25) is 0 Å².